The Morgan fingerprint density at radius 2 is 1.71 bits per heavy atom. The maximum absolute atomic E-state index is 15.0. The van der Waals surface area contributed by atoms with Gasteiger partial charge >= 0.3 is 0 Å². The van der Waals surface area contributed by atoms with Crippen molar-refractivity contribution in [2.75, 3.05) is 20.8 Å². The largest absolute Gasteiger partial charge is 0.493 e. The van der Waals surface area contributed by atoms with Crippen LogP contribution in [0.1, 0.15) is 33.1 Å². The van der Waals surface area contributed by atoms with Crippen molar-refractivity contribution in [2.45, 2.75) is 12.5 Å². The van der Waals surface area contributed by atoms with E-state index in [1.165, 1.54) is 43.5 Å². The number of methoxy groups -OCH3 is 2. The fraction of sp³-hybridized carbons (Fsp3) is 0.208. The number of ether oxygens (including phenoxy) is 2. The van der Waals surface area contributed by atoms with Crippen LogP contribution in [-0.2, 0) is 6.42 Å². The van der Waals surface area contributed by atoms with E-state index in [2.05, 4.69) is 0 Å². The molecule has 7 heteroatoms. The van der Waals surface area contributed by atoms with E-state index in [-0.39, 0.29) is 16.5 Å². The smallest absolute Gasteiger partial charge is 0.254 e. The summed E-state index contributed by atoms with van der Waals surface area (Å²) in [5.41, 5.74) is 2.12. The number of fused-ring (bicyclic) bond motifs is 1. The number of nitrogens with zero attached hydrogens (tertiary/aromatic N) is 1. The molecule has 1 aliphatic rings. The molecule has 1 heterocycles. The molecule has 160 valence electrons. The molecule has 0 saturated carbocycles. The van der Waals surface area contributed by atoms with Crippen LogP contribution >= 0.6 is 11.6 Å². The number of carbonyl (C=O) groups excluding carboxylic acids is 1. The number of amides is 1. The zero-order valence-electron chi connectivity index (χ0n) is 17.0. The van der Waals surface area contributed by atoms with E-state index in [0.29, 0.717) is 35.6 Å². The van der Waals surface area contributed by atoms with Crippen LogP contribution in [0.25, 0.3) is 0 Å². The standard InChI is InChI=1S/C24H20ClF2NO3/c1-30-20-12-15-10-11-28(24(29)14-6-8-16(26)9-7-14)23(17(15)13-21(20)31-2)22-18(25)4-3-5-19(22)27/h3-9,12-13,23H,10-11H2,1-2H3/t23-/m0/s1. The number of hydrogen-bond acceptors (Lipinski definition) is 3. The van der Waals surface area contributed by atoms with Gasteiger partial charge in [0.1, 0.15) is 11.6 Å². The summed E-state index contributed by atoms with van der Waals surface area (Å²) in [6.07, 6.45) is 0.533. The van der Waals surface area contributed by atoms with Crippen molar-refractivity contribution in [1.82, 2.24) is 4.90 Å². The molecule has 1 aliphatic heterocycles. The molecule has 0 N–H and O–H groups in total. The first-order valence-electron chi connectivity index (χ1n) is 9.69. The third-order valence-corrected chi connectivity index (χ3v) is 5.83. The van der Waals surface area contributed by atoms with Crippen molar-refractivity contribution in [3.05, 3.63) is 93.5 Å². The molecular weight excluding hydrogens is 424 g/mol. The second kappa shape index (κ2) is 8.55. The van der Waals surface area contributed by atoms with E-state index in [9.17, 15) is 9.18 Å². The number of hydrogen-bond donors (Lipinski definition) is 0. The Bertz CT molecular complexity index is 1110. The van der Waals surface area contributed by atoms with Crippen LogP contribution in [0.5, 0.6) is 11.5 Å². The fourth-order valence-corrected chi connectivity index (χ4v) is 4.27. The van der Waals surface area contributed by atoms with Crippen molar-refractivity contribution in [3.8, 4) is 11.5 Å². The van der Waals surface area contributed by atoms with Crippen molar-refractivity contribution in [2.24, 2.45) is 0 Å². The van der Waals surface area contributed by atoms with Crippen LogP contribution in [0, 0.1) is 11.6 Å². The van der Waals surface area contributed by atoms with E-state index < -0.39 is 17.7 Å². The van der Waals surface area contributed by atoms with Gasteiger partial charge in [-0.3, -0.25) is 4.79 Å². The lowest BCUT2D eigenvalue weighted by Crippen LogP contribution is -2.41. The Hall–Kier alpha value is -3.12. The van der Waals surface area contributed by atoms with E-state index in [1.807, 2.05) is 6.07 Å². The van der Waals surface area contributed by atoms with Gasteiger partial charge in [-0.05, 0) is 66.1 Å². The van der Waals surface area contributed by atoms with Gasteiger partial charge in [0.15, 0.2) is 11.5 Å². The molecular formula is C24H20ClF2NO3. The highest BCUT2D eigenvalue weighted by Gasteiger charge is 2.36. The number of carbonyl (C=O) groups is 1. The van der Waals surface area contributed by atoms with Gasteiger partial charge in [0.25, 0.3) is 5.91 Å². The molecule has 0 radical (unpaired) electrons. The van der Waals surface area contributed by atoms with Crippen molar-refractivity contribution in [3.63, 3.8) is 0 Å². The van der Waals surface area contributed by atoms with Gasteiger partial charge in [0.05, 0.1) is 20.3 Å². The average molecular weight is 444 g/mol. The van der Waals surface area contributed by atoms with Gasteiger partial charge in [-0.15, -0.1) is 0 Å². The molecule has 3 aromatic carbocycles. The van der Waals surface area contributed by atoms with Crippen LogP contribution in [0.4, 0.5) is 8.78 Å². The minimum absolute atomic E-state index is 0.202. The van der Waals surface area contributed by atoms with E-state index in [0.717, 1.165) is 5.56 Å². The molecule has 4 nitrogen and oxygen atoms in total. The minimum Gasteiger partial charge on any atom is -0.493 e. The predicted molar refractivity (Wildman–Crippen MR) is 114 cm³/mol. The molecule has 31 heavy (non-hydrogen) atoms. The second-order valence-electron chi connectivity index (χ2n) is 7.20. The Labute approximate surface area is 184 Å². The van der Waals surface area contributed by atoms with Gasteiger partial charge in [-0.2, -0.15) is 0 Å². The van der Waals surface area contributed by atoms with Crippen molar-refractivity contribution < 1.29 is 23.0 Å². The summed E-state index contributed by atoms with van der Waals surface area (Å²) in [7, 11) is 3.06. The summed E-state index contributed by atoms with van der Waals surface area (Å²) < 4.78 is 39.2. The first-order valence-corrected chi connectivity index (χ1v) is 10.1. The molecule has 0 spiro atoms. The molecule has 0 aromatic heterocycles. The summed E-state index contributed by atoms with van der Waals surface area (Å²) in [4.78, 5) is 14.9. The second-order valence-corrected chi connectivity index (χ2v) is 7.61. The molecule has 3 aromatic rings. The molecule has 1 amide bonds. The summed E-state index contributed by atoms with van der Waals surface area (Å²) in [6, 6.07) is 12.5. The summed E-state index contributed by atoms with van der Waals surface area (Å²) in [6.45, 7) is 0.327. The highest BCUT2D eigenvalue weighted by atomic mass is 35.5. The molecule has 1 atom stereocenters. The molecule has 0 fully saturated rings. The Morgan fingerprint density at radius 1 is 1.03 bits per heavy atom. The van der Waals surface area contributed by atoms with Crippen LogP contribution in [0.15, 0.2) is 54.6 Å². The van der Waals surface area contributed by atoms with Gasteiger partial charge in [-0.25, -0.2) is 8.78 Å². The molecule has 0 saturated heterocycles. The lowest BCUT2D eigenvalue weighted by atomic mass is 9.87. The van der Waals surface area contributed by atoms with E-state index >= 15 is 4.39 Å². The summed E-state index contributed by atoms with van der Waals surface area (Å²) >= 11 is 6.41. The maximum Gasteiger partial charge on any atom is 0.254 e. The van der Waals surface area contributed by atoms with Crippen LogP contribution in [-0.4, -0.2) is 31.6 Å². The lowest BCUT2D eigenvalue weighted by molar-refractivity contribution is 0.0691. The van der Waals surface area contributed by atoms with Crippen LogP contribution in [0.3, 0.4) is 0 Å². The highest BCUT2D eigenvalue weighted by molar-refractivity contribution is 6.31. The van der Waals surface area contributed by atoms with E-state index in [4.69, 9.17) is 21.1 Å². The molecule has 0 aliphatic carbocycles. The average Bonchev–Trinajstić information content (AvgIpc) is 2.78. The van der Waals surface area contributed by atoms with Gasteiger partial charge in [0, 0.05) is 22.7 Å². The van der Waals surface area contributed by atoms with Gasteiger partial charge in [-0.1, -0.05) is 17.7 Å². The normalized spacial score (nSPS) is 15.4. The summed E-state index contributed by atoms with van der Waals surface area (Å²) in [5.74, 6) is -0.277. The first-order chi connectivity index (χ1) is 14.9. The maximum atomic E-state index is 15.0. The topological polar surface area (TPSA) is 38.8 Å². The van der Waals surface area contributed by atoms with Gasteiger partial charge in [0.2, 0.25) is 0 Å². The fourth-order valence-electron chi connectivity index (χ4n) is 4.01. The van der Waals surface area contributed by atoms with Gasteiger partial charge < -0.3 is 14.4 Å². The zero-order chi connectivity index (χ0) is 22.1. The lowest BCUT2D eigenvalue weighted by Gasteiger charge is -2.38. The third-order valence-electron chi connectivity index (χ3n) is 5.50. The predicted octanol–water partition coefficient (Wildman–Crippen LogP) is 5.42. The van der Waals surface area contributed by atoms with Crippen molar-refractivity contribution >= 4 is 17.5 Å². The Balaban J connectivity index is 1.90. The molecule has 4 rings (SSSR count). The molecule has 0 bridgehead atoms. The van der Waals surface area contributed by atoms with Crippen LogP contribution < -0.4 is 9.47 Å². The Kier molecular flexibility index (Phi) is 5.83. The summed E-state index contributed by atoms with van der Waals surface area (Å²) in [5, 5.41) is 0.213. The first kappa shape index (κ1) is 21.1. The van der Waals surface area contributed by atoms with E-state index in [1.54, 1.807) is 24.1 Å². The number of halogens is 3. The minimum atomic E-state index is -0.783. The monoisotopic (exact) mass is 443 g/mol. The van der Waals surface area contributed by atoms with Crippen LogP contribution in [0.2, 0.25) is 5.02 Å². The van der Waals surface area contributed by atoms with Crippen molar-refractivity contribution in [1.29, 1.82) is 0 Å². The number of benzene rings is 3. The SMILES string of the molecule is COc1cc2c(cc1OC)[C@@H](c1c(F)cccc1Cl)N(C(=O)c1ccc(F)cc1)CC2. The zero-order valence-corrected chi connectivity index (χ0v) is 17.7. The Morgan fingerprint density at radius 3 is 2.35 bits per heavy atom. The molecule has 0 unspecified atom stereocenters. The third kappa shape index (κ3) is 3.83. The quantitative estimate of drug-likeness (QED) is 0.540. The highest BCUT2D eigenvalue weighted by Crippen LogP contribution is 2.44. The number of rotatable bonds is 4.